The SMILES string of the molecule is O=C(c1ccc(F)cc1)N1CCC2(CC1)CC(N1CCOCC1)CCO2. The molecule has 0 radical (unpaired) electrons. The van der Waals surface area contributed by atoms with Gasteiger partial charge in [-0.3, -0.25) is 9.69 Å². The second kappa shape index (κ2) is 7.62. The third-order valence-electron chi connectivity index (χ3n) is 6.08. The van der Waals surface area contributed by atoms with Crippen molar-refractivity contribution in [3.05, 3.63) is 35.6 Å². The number of piperidine rings is 1. The van der Waals surface area contributed by atoms with Gasteiger partial charge in [0.25, 0.3) is 5.91 Å². The predicted molar refractivity (Wildman–Crippen MR) is 95.6 cm³/mol. The fourth-order valence-corrected chi connectivity index (χ4v) is 4.50. The van der Waals surface area contributed by atoms with Crippen molar-refractivity contribution in [3.8, 4) is 0 Å². The van der Waals surface area contributed by atoms with Crippen molar-refractivity contribution in [1.82, 2.24) is 9.80 Å². The van der Waals surface area contributed by atoms with Crippen LogP contribution in [0.2, 0.25) is 0 Å². The minimum atomic E-state index is -0.316. The normalized spacial score (nSPS) is 26.8. The number of morpholine rings is 1. The second-order valence-corrected chi connectivity index (χ2v) is 7.63. The van der Waals surface area contributed by atoms with Gasteiger partial charge in [-0.15, -0.1) is 0 Å². The first-order valence-corrected chi connectivity index (χ1v) is 9.66. The Hall–Kier alpha value is -1.50. The first-order valence-electron chi connectivity index (χ1n) is 9.66. The summed E-state index contributed by atoms with van der Waals surface area (Å²) < 4.78 is 24.8. The summed E-state index contributed by atoms with van der Waals surface area (Å²) in [6.45, 7) is 5.87. The van der Waals surface area contributed by atoms with Gasteiger partial charge in [0.1, 0.15) is 5.82 Å². The number of carbonyl (C=O) groups excluding carboxylic acids is 1. The van der Waals surface area contributed by atoms with E-state index < -0.39 is 0 Å². The molecule has 1 aromatic carbocycles. The molecule has 3 aliphatic rings. The largest absolute Gasteiger partial charge is 0.379 e. The Morgan fingerprint density at radius 3 is 2.42 bits per heavy atom. The summed E-state index contributed by atoms with van der Waals surface area (Å²) in [6.07, 6.45) is 3.88. The van der Waals surface area contributed by atoms with Crippen LogP contribution in [0.25, 0.3) is 0 Å². The molecule has 5 nitrogen and oxygen atoms in total. The maximum atomic E-state index is 13.1. The van der Waals surface area contributed by atoms with Crippen LogP contribution in [0.1, 0.15) is 36.0 Å². The zero-order valence-corrected chi connectivity index (χ0v) is 15.2. The zero-order valence-electron chi connectivity index (χ0n) is 15.2. The smallest absolute Gasteiger partial charge is 0.253 e. The number of rotatable bonds is 2. The molecule has 1 spiro atoms. The second-order valence-electron chi connectivity index (χ2n) is 7.63. The number of likely N-dealkylation sites (tertiary alicyclic amines) is 1. The van der Waals surface area contributed by atoms with E-state index in [9.17, 15) is 9.18 Å². The van der Waals surface area contributed by atoms with Crippen molar-refractivity contribution in [2.75, 3.05) is 46.0 Å². The summed E-state index contributed by atoms with van der Waals surface area (Å²) in [5, 5.41) is 0. The molecule has 3 heterocycles. The molecule has 0 aliphatic carbocycles. The van der Waals surface area contributed by atoms with Crippen LogP contribution in [-0.4, -0.2) is 73.3 Å². The molecule has 0 saturated carbocycles. The fourth-order valence-electron chi connectivity index (χ4n) is 4.50. The van der Waals surface area contributed by atoms with Crippen LogP contribution in [0.3, 0.4) is 0 Å². The Kier molecular flexibility index (Phi) is 5.25. The van der Waals surface area contributed by atoms with Gasteiger partial charge in [-0.05, 0) is 49.9 Å². The molecule has 0 N–H and O–H groups in total. The van der Waals surface area contributed by atoms with Gasteiger partial charge in [0.05, 0.1) is 18.8 Å². The summed E-state index contributed by atoms with van der Waals surface area (Å²) in [7, 11) is 0. The van der Waals surface area contributed by atoms with Crippen LogP contribution in [-0.2, 0) is 9.47 Å². The molecule has 4 rings (SSSR count). The number of hydrogen-bond donors (Lipinski definition) is 0. The Morgan fingerprint density at radius 2 is 1.73 bits per heavy atom. The maximum Gasteiger partial charge on any atom is 0.253 e. The van der Waals surface area contributed by atoms with Crippen LogP contribution >= 0.6 is 0 Å². The highest BCUT2D eigenvalue weighted by Gasteiger charge is 2.42. The van der Waals surface area contributed by atoms with Crippen molar-refractivity contribution >= 4 is 5.91 Å². The lowest BCUT2D eigenvalue weighted by Gasteiger charge is -2.49. The quantitative estimate of drug-likeness (QED) is 0.810. The van der Waals surface area contributed by atoms with Gasteiger partial charge < -0.3 is 14.4 Å². The lowest BCUT2D eigenvalue weighted by molar-refractivity contribution is -0.136. The number of halogens is 1. The Balaban J connectivity index is 1.36. The number of benzene rings is 1. The third kappa shape index (κ3) is 3.77. The fraction of sp³-hybridized carbons (Fsp3) is 0.650. The monoisotopic (exact) mass is 362 g/mol. The molecule has 6 heteroatoms. The number of amides is 1. The van der Waals surface area contributed by atoms with E-state index in [1.807, 2.05) is 4.90 Å². The third-order valence-corrected chi connectivity index (χ3v) is 6.08. The molecule has 1 amide bonds. The van der Waals surface area contributed by atoms with E-state index in [0.717, 1.165) is 58.6 Å². The van der Waals surface area contributed by atoms with Gasteiger partial charge >= 0.3 is 0 Å². The van der Waals surface area contributed by atoms with E-state index in [4.69, 9.17) is 9.47 Å². The Labute approximate surface area is 154 Å². The van der Waals surface area contributed by atoms with Crippen molar-refractivity contribution in [2.45, 2.75) is 37.3 Å². The average molecular weight is 362 g/mol. The number of carbonyl (C=O) groups is 1. The molecule has 0 aromatic heterocycles. The van der Waals surface area contributed by atoms with Crippen LogP contribution < -0.4 is 0 Å². The first kappa shape index (κ1) is 17.9. The molecule has 3 saturated heterocycles. The lowest BCUT2D eigenvalue weighted by atomic mass is 9.81. The zero-order chi connectivity index (χ0) is 18.0. The van der Waals surface area contributed by atoms with E-state index in [2.05, 4.69) is 4.90 Å². The Bertz CT molecular complexity index is 622. The van der Waals surface area contributed by atoms with Crippen molar-refractivity contribution in [2.24, 2.45) is 0 Å². The average Bonchev–Trinajstić information content (AvgIpc) is 2.69. The van der Waals surface area contributed by atoms with Gasteiger partial charge in [0.15, 0.2) is 0 Å². The van der Waals surface area contributed by atoms with Crippen molar-refractivity contribution in [1.29, 1.82) is 0 Å². The minimum absolute atomic E-state index is 0.0135. The summed E-state index contributed by atoms with van der Waals surface area (Å²) in [6, 6.07) is 6.37. The summed E-state index contributed by atoms with van der Waals surface area (Å²) >= 11 is 0. The van der Waals surface area contributed by atoms with Gasteiger partial charge in [-0.1, -0.05) is 0 Å². The van der Waals surface area contributed by atoms with Gasteiger partial charge in [0.2, 0.25) is 0 Å². The van der Waals surface area contributed by atoms with Gasteiger partial charge in [-0.25, -0.2) is 4.39 Å². The van der Waals surface area contributed by atoms with Crippen LogP contribution in [0, 0.1) is 5.82 Å². The molecule has 3 fully saturated rings. The molecule has 1 aromatic rings. The van der Waals surface area contributed by atoms with Crippen LogP contribution in [0.15, 0.2) is 24.3 Å². The van der Waals surface area contributed by atoms with Crippen LogP contribution in [0.4, 0.5) is 4.39 Å². The molecule has 0 bridgehead atoms. The molecule has 3 aliphatic heterocycles. The van der Waals surface area contributed by atoms with E-state index in [-0.39, 0.29) is 17.3 Å². The van der Waals surface area contributed by atoms with Crippen molar-refractivity contribution < 1.29 is 18.7 Å². The van der Waals surface area contributed by atoms with E-state index in [1.165, 1.54) is 12.1 Å². The molecule has 26 heavy (non-hydrogen) atoms. The summed E-state index contributed by atoms with van der Waals surface area (Å²) in [4.78, 5) is 17.1. The lowest BCUT2D eigenvalue weighted by Crippen LogP contribution is -2.55. The summed E-state index contributed by atoms with van der Waals surface area (Å²) in [5.41, 5.74) is 0.457. The number of ether oxygens (including phenoxy) is 2. The van der Waals surface area contributed by atoms with E-state index in [0.29, 0.717) is 24.7 Å². The molecule has 1 atom stereocenters. The van der Waals surface area contributed by atoms with Gasteiger partial charge in [-0.2, -0.15) is 0 Å². The highest BCUT2D eigenvalue weighted by Crippen LogP contribution is 2.37. The maximum absolute atomic E-state index is 13.1. The summed E-state index contributed by atoms with van der Waals surface area (Å²) in [5.74, 6) is -0.329. The molecule has 1 unspecified atom stereocenters. The topological polar surface area (TPSA) is 42.0 Å². The molecular weight excluding hydrogens is 335 g/mol. The molecule has 142 valence electrons. The van der Waals surface area contributed by atoms with Gasteiger partial charge in [0, 0.05) is 44.4 Å². The highest BCUT2D eigenvalue weighted by molar-refractivity contribution is 5.94. The minimum Gasteiger partial charge on any atom is -0.379 e. The number of hydrogen-bond acceptors (Lipinski definition) is 4. The highest BCUT2D eigenvalue weighted by atomic mass is 19.1. The van der Waals surface area contributed by atoms with E-state index >= 15 is 0 Å². The van der Waals surface area contributed by atoms with Crippen molar-refractivity contribution in [3.63, 3.8) is 0 Å². The van der Waals surface area contributed by atoms with Crippen LogP contribution in [0.5, 0.6) is 0 Å². The molecular formula is C20H27FN2O3. The first-order chi connectivity index (χ1) is 12.7. The predicted octanol–water partition coefficient (Wildman–Crippen LogP) is 2.31. The Morgan fingerprint density at radius 1 is 1.04 bits per heavy atom. The van der Waals surface area contributed by atoms with E-state index in [1.54, 1.807) is 12.1 Å². The number of nitrogens with zero attached hydrogens (tertiary/aromatic N) is 2. The standard InChI is InChI=1S/C20H27FN2O3/c21-17-3-1-16(2-4-17)19(24)23-8-6-20(7-9-23)15-18(5-12-26-20)22-10-13-25-14-11-22/h1-4,18H,5-15H2.